The van der Waals surface area contributed by atoms with Crippen molar-refractivity contribution in [3.05, 3.63) is 105 Å². The topological polar surface area (TPSA) is 92.6 Å². The third-order valence-corrected chi connectivity index (χ3v) is 5.11. The smallest absolute Gasteiger partial charge is 0.282 e. The van der Waals surface area contributed by atoms with Crippen LogP contribution in [0.1, 0.15) is 16.7 Å². The molecule has 4 rings (SSSR count). The Morgan fingerprint density at radius 1 is 0.871 bits per heavy atom. The van der Waals surface area contributed by atoms with Gasteiger partial charge in [-0.25, -0.2) is 4.90 Å². The van der Waals surface area contributed by atoms with Gasteiger partial charge in [-0.2, -0.15) is 0 Å². The predicted octanol–water partition coefficient (Wildman–Crippen LogP) is 4.61. The van der Waals surface area contributed by atoms with Gasteiger partial charge in [0.05, 0.1) is 16.2 Å². The van der Waals surface area contributed by atoms with Crippen LogP contribution in [0.4, 0.5) is 17.1 Å². The first kappa shape index (κ1) is 20.0. The SMILES string of the molecule is Cc1ccc(NC2=C(c3ccc([N+](=O)[O-])cc3)C(=O)N(c3ccccc3)C2=O)c(C)c1. The number of nitrogens with zero attached hydrogens (tertiary/aromatic N) is 2. The molecule has 0 fully saturated rings. The molecule has 0 spiro atoms. The molecule has 1 heterocycles. The fourth-order valence-corrected chi connectivity index (χ4v) is 3.56. The summed E-state index contributed by atoms with van der Waals surface area (Å²) in [5, 5.41) is 14.1. The van der Waals surface area contributed by atoms with E-state index in [1.165, 1.54) is 24.3 Å². The van der Waals surface area contributed by atoms with Crippen LogP contribution in [0, 0.1) is 24.0 Å². The molecule has 0 aromatic heterocycles. The van der Waals surface area contributed by atoms with Gasteiger partial charge in [0.1, 0.15) is 5.70 Å². The Balaban J connectivity index is 1.83. The lowest BCUT2D eigenvalue weighted by atomic mass is 10.0. The second kappa shape index (κ2) is 7.87. The van der Waals surface area contributed by atoms with E-state index in [1.807, 2.05) is 32.0 Å². The fourth-order valence-electron chi connectivity index (χ4n) is 3.56. The number of nitro benzene ring substituents is 1. The van der Waals surface area contributed by atoms with E-state index in [9.17, 15) is 19.7 Å². The normalized spacial score (nSPS) is 13.7. The van der Waals surface area contributed by atoms with Crippen molar-refractivity contribution in [2.45, 2.75) is 13.8 Å². The van der Waals surface area contributed by atoms with Crippen LogP contribution in [0.5, 0.6) is 0 Å². The van der Waals surface area contributed by atoms with Crippen LogP contribution in [0.25, 0.3) is 5.57 Å². The summed E-state index contributed by atoms with van der Waals surface area (Å²) >= 11 is 0. The third-order valence-electron chi connectivity index (χ3n) is 5.11. The van der Waals surface area contributed by atoms with Gasteiger partial charge >= 0.3 is 0 Å². The van der Waals surface area contributed by atoms with Gasteiger partial charge in [-0.3, -0.25) is 19.7 Å². The monoisotopic (exact) mass is 413 g/mol. The minimum Gasteiger partial charge on any atom is -0.350 e. The summed E-state index contributed by atoms with van der Waals surface area (Å²) in [4.78, 5) is 38.3. The highest BCUT2D eigenvalue weighted by Gasteiger charge is 2.40. The van der Waals surface area contributed by atoms with Gasteiger partial charge in [0.15, 0.2) is 0 Å². The van der Waals surface area contributed by atoms with Crippen molar-refractivity contribution in [2.24, 2.45) is 0 Å². The quantitative estimate of drug-likeness (QED) is 0.375. The number of para-hydroxylation sites is 1. The number of carbonyl (C=O) groups is 2. The highest BCUT2D eigenvalue weighted by atomic mass is 16.6. The molecule has 31 heavy (non-hydrogen) atoms. The molecule has 1 aliphatic rings. The van der Waals surface area contributed by atoms with Crippen molar-refractivity contribution in [1.82, 2.24) is 0 Å². The predicted molar refractivity (Wildman–Crippen MR) is 118 cm³/mol. The molecule has 0 saturated heterocycles. The van der Waals surface area contributed by atoms with E-state index in [4.69, 9.17) is 0 Å². The number of nitro groups is 1. The minimum absolute atomic E-state index is 0.0927. The molecule has 154 valence electrons. The van der Waals surface area contributed by atoms with E-state index in [0.29, 0.717) is 16.9 Å². The first-order valence-corrected chi connectivity index (χ1v) is 9.64. The van der Waals surface area contributed by atoms with E-state index >= 15 is 0 Å². The van der Waals surface area contributed by atoms with Gasteiger partial charge in [0.2, 0.25) is 0 Å². The number of aryl methyl sites for hydroxylation is 2. The van der Waals surface area contributed by atoms with Gasteiger partial charge in [-0.15, -0.1) is 0 Å². The number of hydrogen-bond acceptors (Lipinski definition) is 5. The van der Waals surface area contributed by atoms with E-state index in [-0.39, 0.29) is 17.0 Å². The largest absolute Gasteiger partial charge is 0.350 e. The first-order valence-electron chi connectivity index (χ1n) is 9.64. The summed E-state index contributed by atoms with van der Waals surface area (Å²) < 4.78 is 0. The molecule has 0 aliphatic carbocycles. The lowest BCUT2D eigenvalue weighted by Crippen LogP contribution is -2.32. The summed E-state index contributed by atoms with van der Waals surface area (Å²) in [5.74, 6) is -0.971. The Bertz CT molecular complexity index is 1230. The van der Waals surface area contributed by atoms with Crippen LogP contribution in [-0.2, 0) is 9.59 Å². The van der Waals surface area contributed by atoms with Gasteiger partial charge in [0.25, 0.3) is 17.5 Å². The highest BCUT2D eigenvalue weighted by Crippen LogP contribution is 2.34. The standard InChI is InChI=1S/C24H19N3O4/c1-15-8-13-20(16(2)14-15)25-22-21(17-9-11-19(12-10-17)27(30)31)23(28)26(24(22)29)18-6-4-3-5-7-18/h3-14,25H,1-2H3. The number of nitrogens with one attached hydrogen (secondary N) is 1. The van der Waals surface area contributed by atoms with E-state index in [0.717, 1.165) is 16.0 Å². The van der Waals surface area contributed by atoms with Crippen molar-refractivity contribution in [1.29, 1.82) is 0 Å². The molecule has 0 atom stereocenters. The molecule has 0 bridgehead atoms. The number of anilines is 2. The second-order valence-corrected chi connectivity index (χ2v) is 7.28. The Labute approximate surface area is 178 Å². The summed E-state index contributed by atoms with van der Waals surface area (Å²) in [7, 11) is 0. The Hall–Kier alpha value is -4.26. The van der Waals surface area contributed by atoms with Crippen molar-refractivity contribution >= 4 is 34.4 Å². The number of rotatable bonds is 5. The number of carbonyl (C=O) groups excluding carboxylic acids is 2. The Morgan fingerprint density at radius 3 is 2.16 bits per heavy atom. The molecule has 0 radical (unpaired) electrons. The molecule has 0 unspecified atom stereocenters. The molecular formula is C24H19N3O4. The zero-order chi connectivity index (χ0) is 22.1. The van der Waals surface area contributed by atoms with Crippen molar-refractivity contribution in [2.75, 3.05) is 10.2 Å². The van der Waals surface area contributed by atoms with Gasteiger partial charge in [-0.05, 0) is 55.3 Å². The van der Waals surface area contributed by atoms with Crippen LogP contribution in [0.2, 0.25) is 0 Å². The third kappa shape index (κ3) is 3.69. The van der Waals surface area contributed by atoms with Crippen molar-refractivity contribution < 1.29 is 14.5 Å². The maximum Gasteiger partial charge on any atom is 0.282 e. The molecule has 1 N–H and O–H groups in total. The molecule has 3 aromatic rings. The Kier molecular flexibility index (Phi) is 5.09. The van der Waals surface area contributed by atoms with Crippen LogP contribution in [0.15, 0.2) is 78.5 Å². The lowest BCUT2D eigenvalue weighted by Gasteiger charge is -2.15. The number of amides is 2. The maximum atomic E-state index is 13.3. The number of non-ortho nitro benzene ring substituents is 1. The second-order valence-electron chi connectivity index (χ2n) is 7.28. The van der Waals surface area contributed by atoms with Crippen LogP contribution >= 0.6 is 0 Å². The highest BCUT2D eigenvalue weighted by molar-refractivity contribution is 6.46. The van der Waals surface area contributed by atoms with Crippen LogP contribution in [-0.4, -0.2) is 16.7 Å². The zero-order valence-electron chi connectivity index (χ0n) is 17.0. The molecule has 7 nitrogen and oxygen atoms in total. The van der Waals surface area contributed by atoms with Crippen LogP contribution in [0.3, 0.4) is 0 Å². The fraction of sp³-hybridized carbons (Fsp3) is 0.0833. The molecule has 3 aromatic carbocycles. The van der Waals surface area contributed by atoms with Gasteiger partial charge in [0, 0.05) is 17.8 Å². The average molecular weight is 413 g/mol. The van der Waals surface area contributed by atoms with Gasteiger partial charge in [-0.1, -0.05) is 35.9 Å². The molecule has 2 amide bonds. The summed E-state index contributed by atoms with van der Waals surface area (Å²) in [6.07, 6.45) is 0. The number of benzene rings is 3. The summed E-state index contributed by atoms with van der Waals surface area (Å²) in [6.45, 7) is 3.89. The molecule has 1 aliphatic heterocycles. The zero-order valence-corrected chi connectivity index (χ0v) is 17.0. The van der Waals surface area contributed by atoms with Gasteiger partial charge < -0.3 is 5.32 Å². The minimum atomic E-state index is -0.509. The van der Waals surface area contributed by atoms with Crippen molar-refractivity contribution in [3.63, 3.8) is 0 Å². The molecule has 0 saturated carbocycles. The van der Waals surface area contributed by atoms with Crippen molar-refractivity contribution in [3.8, 4) is 0 Å². The van der Waals surface area contributed by atoms with E-state index in [2.05, 4.69) is 5.32 Å². The lowest BCUT2D eigenvalue weighted by molar-refractivity contribution is -0.384. The summed E-state index contributed by atoms with van der Waals surface area (Å²) in [5.41, 5.74) is 3.80. The number of imide groups is 1. The maximum absolute atomic E-state index is 13.3. The Morgan fingerprint density at radius 2 is 1.55 bits per heavy atom. The molecular weight excluding hydrogens is 394 g/mol. The average Bonchev–Trinajstić information content (AvgIpc) is 3.00. The van der Waals surface area contributed by atoms with E-state index in [1.54, 1.807) is 30.3 Å². The van der Waals surface area contributed by atoms with Crippen LogP contribution < -0.4 is 10.2 Å². The first-order chi connectivity index (χ1) is 14.9. The van der Waals surface area contributed by atoms with E-state index < -0.39 is 16.7 Å². The number of hydrogen-bond donors (Lipinski definition) is 1. The summed E-state index contributed by atoms with van der Waals surface area (Å²) in [6, 6.07) is 20.0. The molecule has 7 heteroatoms.